The van der Waals surface area contributed by atoms with Crippen LogP contribution < -0.4 is 0 Å². The maximum absolute atomic E-state index is 11.4. The van der Waals surface area contributed by atoms with Crippen LogP contribution in [-0.4, -0.2) is 48.8 Å². The lowest BCUT2D eigenvalue weighted by molar-refractivity contribution is -0.139. The van der Waals surface area contributed by atoms with E-state index in [-0.39, 0.29) is 0 Å². The zero-order valence-corrected chi connectivity index (χ0v) is 10.6. The number of hydrogen-bond acceptors (Lipinski definition) is 3. The molecule has 0 spiro atoms. The molecule has 1 saturated heterocycles. The van der Waals surface area contributed by atoms with E-state index in [0.29, 0.717) is 19.8 Å². The number of hydrogen-bond donors (Lipinski definition) is 1. The van der Waals surface area contributed by atoms with Gasteiger partial charge in [0.25, 0.3) is 0 Å². The fourth-order valence-corrected chi connectivity index (χ4v) is 2.17. The highest BCUT2D eigenvalue weighted by Gasteiger charge is 2.23. The number of morpholine rings is 1. The summed E-state index contributed by atoms with van der Waals surface area (Å²) in [4.78, 5) is 13.6. The van der Waals surface area contributed by atoms with E-state index in [2.05, 4.69) is 4.90 Å². The molecule has 2 rings (SSSR count). The van der Waals surface area contributed by atoms with Crippen LogP contribution in [-0.2, 0) is 9.53 Å². The standard InChI is InChI=1S/C14H19NO3/c1-11-2-4-12(5-3-11)13(14(16)17)10-15-6-8-18-9-7-15/h2-5,13H,6-10H2,1H3,(H,16,17). The molecule has 1 unspecified atom stereocenters. The Morgan fingerprint density at radius 1 is 1.33 bits per heavy atom. The number of carbonyl (C=O) groups is 1. The summed E-state index contributed by atoms with van der Waals surface area (Å²) < 4.78 is 5.27. The van der Waals surface area contributed by atoms with Crippen molar-refractivity contribution in [2.24, 2.45) is 0 Å². The molecule has 1 aliphatic heterocycles. The van der Waals surface area contributed by atoms with Crippen molar-refractivity contribution in [1.29, 1.82) is 0 Å². The first-order valence-corrected chi connectivity index (χ1v) is 6.26. The summed E-state index contributed by atoms with van der Waals surface area (Å²) in [6, 6.07) is 7.75. The summed E-state index contributed by atoms with van der Waals surface area (Å²) >= 11 is 0. The second-order valence-electron chi connectivity index (χ2n) is 4.71. The van der Waals surface area contributed by atoms with Crippen molar-refractivity contribution in [2.75, 3.05) is 32.8 Å². The molecule has 0 aliphatic carbocycles. The average Bonchev–Trinajstić information content (AvgIpc) is 2.38. The van der Waals surface area contributed by atoms with Gasteiger partial charge >= 0.3 is 5.97 Å². The number of aliphatic carboxylic acids is 1. The Morgan fingerprint density at radius 3 is 2.50 bits per heavy atom. The van der Waals surface area contributed by atoms with Crippen molar-refractivity contribution in [2.45, 2.75) is 12.8 Å². The number of nitrogens with zero attached hydrogens (tertiary/aromatic N) is 1. The first-order valence-electron chi connectivity index (χ1n) is 6.26. The summed E-state index contributed by atoms with van der Waals surface area (Å²) in [5.41, 5.74) is 2.02. The van der Waals surface area contributed by atoms with E-state index in [1.54, 1.807) is 0 Å². The molecule has 0 bridgehead atoms. The molecule has 1 aromatic rings. The van der Waals surface area contributed by atoms with Gasteiger partial charge in [0.1, 0.15) is 0 Å². The quantitative estimate of drug-likeness (QED) is 0.878. The summed E-state index contributed by atoms with van der Waals surface area (Å²) in [6.45, 7) is 5.58. The molecule has 98 valence electrons. The van der Waals surface area contributed by atoms with Crippen molar-refractivity contribution in [3.8, 4) is 0 Å². The smallest absolute Gasteiger partial charge is 0.312 e. The van der Waals surface area contributed by atoms with E-state index < -0.39 is 11.9 Å². The predicted octanol–water partition coefficient (Wildman–Crippen LogP) is 1.50. The van der Waals surface area contributed by atoms with Gasteiger partial charge in [-0.1, -0.05) is 29.8 Å². The van der Waals surface area contributed by atoms with Crippen LogP contribution in [0.25, 0.3) is 0 Å². The monoisotopic (exact) mass is 249 g/mol. The third kappa shape index (κ3) is 3.31. The molecule has 1 heterocycles. The van der Waals surface area contributed by atoms with E-state index in [1.807, 2.05) is 31.2 Å². The molecule has 1 atom stereocenters. The minimum atomic E-state index is -0.759. The molecule has 0 amide bonds. The SMILES string of the molecule is Cc1ccc(C(CN2CCOCC2)C(=O)O)cc1. The van der Waals surface area contributed by atoms with E-state index in [9.17, 15) is 9.90 Å². The lowest BCUT2D eigenvalue weighted by Crippen LogP contribution is -2.40. The predicted molar refractivity (Wildman–Crippen MR) is 68.8 cm³/mol. The number of aryl methyl sites for hydroxylation is 1. The van der Waals surface area contributed by atoms with Crippen LogP contribution in [0.3, 0.4) is 0 Å². The highest BCUT2D eigenvalue weighted by atomic mass is 16.5. The zero-order chi connectivity index (χ0) is 13.0. The molecule has 1 N–H and O–H groups in total. The van der Waals surface area contributed by atoms with Crippen molar-refractivity contribution >= 4 is 5.97 Å². The molecule has 0 radical (unpaired) electrons. The molecule has 1 aromatic carbocycles. The summed E-state index contributed by atoms with van der Waals surface area (Å²) in [5, 5.41) is 9.37. The Bertz CT molecular complexity index is 396. The Labute approximate surface area is 107 Å². The molecular weight excluding hydrogens is 230 g/mol. The molecule has 4 nitrogen and oxygen atoms in total. The molecule has 1 aliphatic rings. The maximum atomic E-state index is 11.4. The third-order valence-electron chi connectivity index (χ3n) is 3.32. The largest absolute Gasteiger partial charge is 0.481 e. The summed E-state index contributed by atoms with van der Waals surface area (Å²) in [5.74, 6) is -1.21. The lowest BCUT2D eigenvalue weighted by Gasteiger charge is -2.29. The molecule has 1 fully saturated rings. The van der Waals surface area contributed by atoms with Gasteiger partial charge < -0.3 is 9.84 Å². The molecule has 4 heteroatoms. The van der Waals surface area contributed by atoms with Gasteiger partial charge in [-0.15, -0.1) is 0 Å². The molecule has 0 saturated carbocycles. The highest BCUT2D eigenvalue weighted by molar-refractivity contribution is 5.76. The molecular formula is C14H19NO3. The van der Waals surface area contributed by atoms with Gasteiger partial charge in [0, 0.05) is 19.6 Å². The van der Waals surface area contributed by atoms with Crippen LogP contribution in [0.15, 0.2) is 24.3 Å². The molecule has 0 aromatic heterocycles. The number of ether oxygens (including phenoxy) is 1. The Hall–Kier alpha value is -1.39. The van der Waals surface area contributed by atoms with Gasteiger partial charge in [-0.05, 0) is 12.5 Å². The number of benzene rings is 1. The first kappa shape index (κ1) is 13.1. The van der Waals surface area contributed by atoms with Crippen LogP contribution in [0.4, 0.5) is 0 Å². The van der Waals surface area contributed by atoms with E-state index >= 15 is 0 Å². The van der Waals surface area contributed by atoms with Crippen molar-refractivity contribution < 1.29 is 14.6 Å². The van der Waals surface area contributed by atoms with Gasteiger partial charge in [0.15, 0.2) is 0 Å². The van der Waals surface area contributed by atoms with Crippen LogP contribution in [0, 0.1) is 6.92 Å². The van der Waals surface area contributed by atoms with Gasteiger partial charge in [-0.2, -0.15) is 0 Å². The summed E-state index contributed by atoms with van der Waals surface area (Å²) in [6.07, 6.45) is 0. The fourth-order valence-electron chi connectivity index (χ4n) is 2.17. The Morgan fingerprint density at radius 2 is 1.94 bits per heavy atom. The van der Waals surface area contributed by atoms with Crippen LogP contribution in [0.2, 0.25) is 0 Å². The number of carboxylic acids is 1. The molecule has 18 heavy (non-hydrogen) atoms. The van der Waals surface area contributed by atoms with Gasteiger partial charge in [0.05, 0.1) is 19.1 Å². The lowest BCUT2D eigenvalue weighted by atomic mass is 9.97. The summed E-state index contributed by atoms with van der Waals surface area (Å²) in [7, 11) is 0. The van der Waals surface area contributed by atoms with Crippen molar-refractivity contribution in [3.05, 3.63) is 35.4 Å². The van der Waals surface area contributed by atoms with Crippen molar-refractivity contribution in [1.82, 2.24) is 4.90 Å². The first-order chi connectivity index (χ1) is 8.66. The number of carboxylic acid groups (broad SMARTS) is 1. The number of rotatable bonds is 4. The maximum Gasteiger partial charge on any atom is 0.312 e. The Kier molecular flexibility index (Phi) is 4.33. The second kappa shape index (κ2) is 5.98. The van der Waals surface area contributed by atoms with E-state index in [1.165, 1.54) is 0 Å². The van der Waals surface area contributed by atoms with Gasteiger partial charge in [-0.3, -0.25) is 9.69 Å². The van der Waals surface area contributed by atoms with Crippen LogP contribution in [0.1, 0.15) is 17.0 Å². The van der Waals surface area contributed by atoms with Crippen LogP contribution >= 0.6 is 0 Å². The van der Waals surface area contributed by atoms with E-state index in [0.717, 1.165) is 24.2 Å². The Balaban J connectivity index is 2.07. The second-order valence-corrected chi connectivity index (χ2v) is 4.71. The van der Waals surface area contributed by atoms with Gasteiger partial charge in [-0.25, -0.2) is 0 Å². The van der Waals surface area contributed by atoms with Gasteiger partial charge in [0.2, 0.25) is 0 Å². The van der Waals surface area contributed by atoms with Crippen LogP contribution in [0.5, 0.6) is 0 Å². The topological polar surface area (TPSA) is 49.8 Å². The normalized spacial score (nSPS) is 18.5. The third-order valence-corrected chi connectivity index (χ3v) is 3.32. The zero-order valence-electron chi connectivity index (χ0n) is 10.6. The van der Waals surface area contributed by atoms with Crippen molar-refractivity contribution in [3.63, 3.8) is 0 Å². The minimum Gasteiger partial charge on any atom is -0.481 e. The fraction of sp³-hybridized carbons (Fsp3) is 0.500. The highest BCUT2D eigenvalue weighted by Crippen LogP contribution is 2.19. The average molecular weight is 249 g/mol. The van der Waals surface area contributed by atoms with E-state index in [4.69, 9.17) is 4.74 Å². The minimum absolute atomic E-state index is 0.455.